The molecule has 1 atom stereocenters. The van der Waals surface area contributed by atoms with Crippen LogP contribution in [-0.2, 0) is 14.9 Å². The third-order valence-electron chi connectivity index (χ3n) is 4.58. The van der Waals surface area contributed by atoms with Crippen molar-refractivity contribution >= 4 is 26.8 Å². The fourth-order valence-corrected chi connectivity index (χ4v) is 3.61. The number of hydrogen-bond acceptors (Lipinski definition) is 8. The Kier molecular flexibility index (Phi) is 5.02. The van der Waals surface area contributed by atoms with E-state index in [9.17, 15) is 21.6 Å². The first-order chi connectivity index (χ1) is 14.2. The largest absolute Gasteiger partial charge is 0.534 e. The maximum atomic E-state index is 13.0. The summed E-state index contributed by atoms with van der Waals surface area (Å²) in [5.74, 6) is -0.242. The van der Waals surface area contributed by atoms with Crippen LogP contribution in [0.25, 0.3) is 22.3 Å². The van der Waals surface area contributed by atoms with E-state index in [0.717, 1.165) is 0 Å². The number of anilines is 1. The second-order valence-electron chi connectivity index (χ2n) is 6.61. The average molecular weight is 443 g/mol. The van der Waals surface area contributed by atoms with Gasteiger partial charge < -0.3 is 13.8 Å². The molecule has 1 saturated heterocycles. The van der Waals surface area contributed by atoms with Crippen molar-refractivity contribution in [3.8, 4) is 17.1 Å². The van der Waals surface area contributed by atoms with Crippen molar-refractivity contribution in [2.24, 2.45) is 0 Å². The number of rotatable bonds is 4. The lowest BCUT2D eigenvalue weighted by Gasteiger charge is -2.34. The third kappa shape index (κ3) is 3.65. The molecule has 160 valence electrons. The molecule has 0 amide bonds. The first-order valence-corrected chi connectivity index (χ1v) is 10.2. The van der Waals surface area contributed by atoms with Gasteiger partial charge in [0.2, 0.25) is 0 Å². The second-order valence-corrected chi connectivity index (χ2v) is 8.14. The van der Waals surface area contributed by atoms with E-state index in [1.807, 2.05) is 6.92 Å². The van der Waals surface area contributed by atoms with Gasteiger partial charge in [-0.25, -0.2) is 4.98 Å². The van der Waals surface area contributed by atoms with Gasteiger partial charge in [0, 0.05) is 30.4 Å². The van der Waals surface area contributed by atoms with Crippen molar-refractivity contribution in [3.63, 3.8) is 0 Å². The van der Waals surface area contributed by atoms with Gasteiger partial charge in [0.25, 0.3) is 0 Å². The first-order valence-electron chi connectivity index (χ1n) is 8.82. The van der Waals surface area contributed by atoms with E-state index in [1.165, 1.54) is 24.5 Å². The molecule has 3 aromatic heterocycles. The molecule has 0 saturated carbocycles. The lowest BCUT2D eigenvalue weighted by Crippen LogP contribution is -2.44. The Balaban J connectivity index is 1.94. The average Bonchev–Trinajstić information content (AvgIpc) is 3.21. The number of morpholine rings is 1. The van der Waals surface area contributed by atoms with Crippen LogP contribution in [0.4, 0.5) is 19.0 Å². The van der Waals surface area contributed by atoms with Crippen LogP contribution in [0, 0.1) is 0 Å². The maximum absolute atomic E-state index is 13.0. The van der Waals surface area contributed by atoms with Crippen molar-refractivity contribution in [2.45, 2.75) is 18.5 Å². The fourth-order valence-electron chi connectivity index (χ4n) is 3.14. The number of hydrogen-bond donors (Lipinski definition) is 1. The molecule has 13 heteroatoms. The Morgan fingerprint density at radius 1 is 1.30 bits per heavy atom. The molecule has 0 aliphatic carbocycles. The zero-order valence-electron chi connectivity index (χ0n) is 15.5. The second kappa shape index (κ2) is 7.40. The van der Waals surface area contributed by atoms with Gasteiger partial charge in [-0.05, 0) is 19.1 Å². The minimum atomic E-state index is -5.88. The molecule has 0 unspecified atom stereocenters. The Bertz CT molecular complexity index is 1170. The molecule has 4 rings (SSSR count). The normalized spacial score (nSPS) is 18.0. The molecule has 1 aliphatic rings. The van der Waals surface area contributed by atoms with Crippen LogP contribution in [0.1, 0.15) is 6.92 Å². The summed E-state index contributed by atoms with van der Waals surface area (Å²) in [6.07, 6.45) is 2.81. The predicted molar refractivity (Wildman–Crippen MR) is 100 cm³/mol. The lowest BCUT2D eigenvalue weighted by atomic mass is 10.1. The molecule has 3 aromatic rings. The van der Waals surface area contributed by atoms with Crippen LogP contribution < -0.4 is 9.08 Å². The van der Waals surface area contributed by atoms with E-state index in [2.05, 4.69) is 24.3 Å². The number of fused-ring (bicyclic) bond motifs is 1. The van der Waals surface area contributed by atoms with E-state index >= 15 is 0 Å². The maximum Gasteiger partial charge on any atom is 0.534 e. The van der Waals surface area contributed by atoms with Gasteiger partial charge in [0.15, 0.2) is 5.75 Å². The molecule has 0 bridgehead atoms. The topological polar surface area (TPSA) is 110 Å². The minimum absolute atomic E-state index is 0.0621. The number of aromatic amines is 1. The number of alkyl halides is 3. The highest BCUT2D eigenvalue weighted by Gasteiger charge is 2.49. The van der Waals surface area contributed by atoms with Crippen molar-refractivity contribution in [2.75, 3.05) is 24.7 Å². The SMILES string of the molecule is C[C@@H]1COCCN1c1cc(OS(=O)(=O)C(F)(F)F)c2ccnc(-c3ccn[nH]3)c2n1. The zero-order chi connectivity index (χ0) is 21.5. The van der Waals surface area contributed by atoms with Crippen LogP contribution in [0.5, 0.6) is 5.75 Å². The number of pyridine rings is 2. The summed E-state index contributed by atoms with van der Waals surface area (Å²) in [5.41, 5.74) is -4.65. The smallest absolute Gasteiger partial charge is 0.377 e. The summed E-state index contributed by atoms with van der Waals surface area (Å²) in [4.78, 5) is 10.6. The highest BCUT2D eigenvalue weighted by molar-refractivity contribution is 7.88. The summed E-state index contributed by atoms with van der Waals surface area (Å²) in [7, 11) is -5.88. The Morgan fingerprint density at radius 3 is 2.77 bits per heavy atom. The van der Waals surface area contributed by atoms with Gasteiger partial charge in [-0.3, -0.25) is 10.1 Å². The summed E-state index contributed by atoms with van der Waals surface area (Å²) >= 11 is 0. The molecule has 0 spiro atoms. The van der Waals surface area contributed by atoms with E-state index in [0.29, 0.717) is 31.1 Å². The number of H-pyrrole nitrogens is 1. The van der Waals surface area contributed by atoms with Gasteiger partial charge in [-0.1, -0.05) is 0 Å². The Hall–Kier alpha value is -2.93. The molecular formula is C17H16F3N5O4S. The number of nitrogens with one attached hydrogen (secondary N) is 1. The fraction of sp³-hybridized carbons (Fsp3) is 0.353. The molecule has 1 N–H and O–H groups in total. The molecule has 1 aliphatic heterocycles. The molecule has 0 aromatic carbocycles. The quantitative estimate of drug-likeness (QED) is 0.484. The third-order valence-corrected chi connectivity index (χ3v) is 5.54. The molecule has 30 heavy (non-hydrogen) atoms. The molecule has 0 radical (unpaired) electrons. The summed E-state index contributed by atoms with van der Waals surface area (Å²) in [6, 6.07) is 4.00. The summed E-state index contributed by atoms with van der Waals surface area (Å²) in [5, 5.41) is 6.63. The Labute approximate surface area is 169 Å². The lowest BCUT2D eigenvalue weighted by molar-refractivity contribution is -0.0499. The van der Waals surface area contributed by atoms with Gasteiger partial charge in [0.05, 0.1) is 24.9 Å². The Morgan fingerprint density at radius 2 is 2.10 bits per heavy atom. The number of halogens is 3. The van der Waals surface area contributed by atoms with E-state index in [-0.39, 0.29) is 22.8 Å². The van der Waals surface area contributed by atoms with Crippen molar-refractivity contribution in [1.29, 1.82) is 0 Å². The number of ether oxygens (including phenoxy) is 1. The summed E-state index contributed by atoms with van der Waals surface area (Å²) in [6.45, 7) is 3.06. The van der Waals surface area contributed by atoms with Gasteiger partial charge in [0.1, 0.15) is 17.0 Å². The van der Waals surface area contributed by atoms with E-state index < -0.39 is 21.4 Å². The highest BCUT2D eigenvalue weighted by Crippen LogP contribution is 2.37. The summed E-state index contributed by atoms with van der Waals surface area (Å²) < 4.78 is 72.2. The van der Waals surface area contributed by atoms with Crippen molar-refractivity contribution < 1.29 is 30.5 Å². The van der Waals surface area contributed by atoms with Gasteiger partial charge in [-0.15, -0.1) is 0 Å². The monoisotopic (exact) mass is 443 g/mol. The van der Waals surface area contributed by atoms with E-state index in [1.54, 1.807) is 11.0 Å². The van der Waals surface area contributed by atoms with Crippen LogP contribution in [0.3, 0.4) is 0 Å². The minimum Gasteiger partial charge on any atom is -0.377 e. The molecular weight excluding hydrogens is 427 g/mol. The van der Waals surface area contributed by atoms with Crippen molar-refractivity contribution in [3.05, 3.63) is 30.6 Å². The van der Waals surface area contributed by atoms with Crippen LogP contribution >= 0.6 is 0 Å². The first kappa shape index (κ1) is 20.3. The van der Waals surface area contributed by atoms with Crippen molar-refractivity contribution in [1.82, 2.24) is 20.2 Å². The molecule has 9 nitrogen and oxygen atoms in total. The molecule has 4 heterocycles. The van der Waals surface area contributed by atoms with Crippen LogP contribution in [-0.4, -0.2) is 59.9 Å². The van der Waals surface area contributed by atoms with Gasteiger partial charge in [-0.2, -0.15) is 26.7 Å². The van der Waals surface area contributed by atoms with E-state index in [4.69, 9.17) is 4.74 Å². The zero-order valence-corrected chi connectivity index (χ0v) is 16.4. The van der Waals surface area contributed by atoms with Crippen LogP contribution in [0.2, 0.25) is 0 Å². The molecule has 1 fully saturated rings. The highest BCUT2D eigenvalue weighted by atomic mass is 32.2. The predicted octanol–water partition coefficient (Wildman–Crippen LogP) is 2.47. The van der Waals surface area contributed by atoms with Crippen LogP contribution in [0.15, 0.2) is 30.6 Å². The van der Waals surface area contributed by atoms with Gasteiger partial charge >= 0.3 is 15.6 Å². The number of nitrogens with zero attached hydrogens (tertiary/aromatic N) is 4. The standard InChI is InChI=1S/C17H16F3N5O4S/c1-10-9-28-7-6-25(10)14-8-13(29-30(26,27)17(18,19)20)11-2-4-21-16(15(11)23-14)12-3-5-22-24-12/h2-5,8,10H,6-7,9H2,1H3,(H,22,24)/t10-/m1/s1. The number of aromatic nitrogens is 4.